The zero-order valence-corrected chi connectivity index (χ0v) is 16.0. The third-order valence-corrected chi connectivity index (χ3v) is 4.39. The summed E-state index contributed by atoms with van der Waals surface area (Å²) in [5.41, 5.74) is 1.82. The summed E-state index contributed by atoms with van der Waals surface area (Å²) in [5.74, 6) is 1.16. The Morgan fingerprint density at radius 1 is 1.20 bits per heavy atom. The standard InChI is InChI=1S/C21H18FN5O3/c1-12-10-18(27-26-12)24-20-16-7-6-15(30-9-8-28)11-17(16)23-21(25-20)19(29)13-2-4-14(22)5-3-13/h2-8,10-11,19,29H,9H2,1H3,(H2,23,24,25,26,27). The van der Waals surface area contributed by atoms with Gasteiger partial charge >= 0.3 is 0 Å². The van der Waals surface area contributed by atoms with Gasteiger partial charge in [-0.15, -0.1) is 0 Å². The summed E-state index contributed by atoms with van der Waals surface area (Å²) >= 11 is 0. The lowest BCUT2D eigenvalue weighted by Crippen LogP contribution is -2.08. The molecule has 9 heteroatoms. The van der Waals surface area contributed by atoms with Gasteiger partial charge in [-0.05, 0) is 36.8 Å². The number of nitrogens with zero attached hydrogens (tertiary/aromatic N) is 3. The highest BCUT2D eigenvalue weighted by molar-refractivity contribution is 5.91. The van der Waals surface area contributed by atoms with Crippen LogP contribution >= 0.6 is 0 Å². The number of rotatable bonds is 7. The van der Waals surface area contributed by atoms with Crippen molar-refractivity contribution in [2.45, 2.75) is 13.0 Å². The van der Waals surface area contributed by atoms with Crippen LogP contribution in [-0.2, 0) is 4.79 Å². The molecule has 2 aromatic carbocycles. The third kappa shape index (κ3) is 4.11. The number of nitrogens with one attached hydrogen (secondary N) is 2. The molecule has 1 atom stereocenters. The fourth-order valence-corrected chi connectivity index (χ4v) is 2.96. The zero-order valence-electron chi connectivity index (χ0n) is 16.0. The van der Waals surface area contributed by atoms with E-state index in [4.69, 9.17) is 4.74 Å². The Hall–Kier alpha value is -3.85. The number of benzene rings is 2. The normalized spacial score (nSPS) is 12.0. The highest BCUT2D eigenvalue weighted by Crippen LogP contribution is 2.29. The molecule has 8 nitrogen and oxygen atoms in total. The van der Waals surface area contributed by atoms with Crippen molar-refractivity contribution in [1.29, 1.82) is 0 Å². The number of anilines is 2. The Labute approximate surface area is 170 Å². The third-order valence-electron chi connectivity index (χ3n) is 4.39. The van der Waals surface area contributed by atoms with E-state index in [1.165, 1.54) is 24.3 Å². The summed E-state index contributed by atoms with van der Waals surface area (Å²) in [6.07, 6.45) is -0.517. The molecule has 4 rings (SSSR count). The predicted octanol–water partition coefficient (Wildman–Crippen LogP) is 3.20. The Balaban J connectivity index is 1.79. The van der Waals surface area contributed by atoms with E-state index >= 15 is 0 Å². The first-order valence-electron chi connectivity index (χ1n) is 9.14. The number of fused-ring (bicyclic) bond motifs is 1. The first-order chi connectivity index (χ1) is 14.5. The van der Waals surface area contributed by atoms with Gasteiger partial charge in [-0.3, -0.25) is 9.89 Å². The maximum Gasteiger partial charge on any atom is 0.164 e. The fraction of sp³-hybridized carbons (Fsp3) is 0.143. The molecule has 152 valence electrons. The van der Waals surface area contributed by atoms with Crippen molar-refractivity contribution in [1.82, 2.24) is 20.2 Å². The maximum absolute atomic E-state index is 13.2. The predicted molar refractivity (Wildman–Crippen MR) is 108 cm³/mol. The zero-order chi connectivity index (χ0) is 21.1. The molecule has 0 aliphatic carbocycles. The van der Waals surface area contributed by atoms with E-state index in [2.05, 4.69) is 25.5 Å². The Morgan fingerprint density at radius 2 is 2.00 bits per heavy atom. The Morgan fingerprint density at radius 3 is 2.70 bits per heavy atom. The van der Waals surface area contributed by atoms with Gasteiger partial charge < -0.3 is 15.2 Å². The number of aryl methyl sites for hydroxylation is 1. The summed E-state index contributed by atoms with van der Waals surface area (Å²) in [4.78, 5) is 19.5. The van der Waals surface area contributed by atoms with Gasteiger partial charge in [0.2, 0.25) is 0 Å². The number of aldehydes is 1. The molecule has 0 fully saturated rings. The van der Waals surface area contributed by atoms with Crippen molar-refractivity contribution in [3.63, 3.8) is 0 Å². The molecule has 0 bridgehead atoms. The van der Waals surface area contributed by atoms with Gasteiger partial charge in [-0.25, -0.2) is 14.4 Å². The number of carbonyl (C=O) groups is 1. The van der Waals surface area contributed by atoms with Crippen LogP contribution < -0.4 is 10.1 Å². The molecule has 4 aromatic rings. The van der Waals surface area contributed by atoms with E-state index in [0.717, 1.165) is 5.69 Å². The number of hydrogen-bond acceptors (Lipinski definition) is 7. The Bertz CT molecular complexity index is 1190. The average molecular weight is 407 g/mol. The molecule has 0 aliphatic heterocycles. The number of aliphatic hydroxyl groups is 1. The molecule has 0 radical (unpaired) electrons. The Kier molecular flexibility index (Phi) is 5.36. The first-order valence-corrected chi connectivity index (χ1v) is 9.14. The molecule has 2 heterocycles. The van der Waals surface area contributed by atoms with Gasteiger partial charge in [0.25, 0.3) is 0 Å². The molecule has 0 amide bonds. The van der Waals surface area contributed by atoms with Crippen LogP contribution in [0, 0.1) is 12.7 Å². The summed E-state index contributed by atoms with van der Waals surface area (Å²) in [6.45, 7) is 1.79. The van der Waals surface area contributed by atoms with Crippen LogP contribution in [0.5, 0.6) is 5.75 Å². The van der Waals surface area contributed by atoms with E-state index in [1.807, 2.05) is 13.0 Å². The lowest BCUT2D eigenvalue weighted by molar-refractivity contribution is -0.109. The minimum atomic E-state index is -1.17. The molecular formula is C21H18FN5O3. The number of H-pyrrole nitrogens is 1. The minimum absolute atomic E-state index is 0.0840. The van der Waals surface area contributed by atoms with Gasteiger partial charge in [-0.2, -0.15) is 5.10 Å². The average Bonchev–Trinajstić information content (AvgIpc) is 3.16. The SMILES string of the molecule is Cc1cc(Nc2nc(C(O)c3ccc(F)cc3)nc3cc(OCC=O)ccc23)n[nH]1. The highest BCUT2D eigenvalue weighted by atomic mass is 19.1. The smallest absolute Gasteiger partial charge is 0.164 e. The molecule has 0 saturated heterocycles. The quantitative estimate of drug-likeness (QED) is 0.403. The minimum Gasteiger partial charge on any atom is -0.486 e. The van der Waals surface area contributed by atoms with E-state index in [9.17, 15) is 14.3 Å². The van der Waals surface area contributed by atoms with E-state index < -0.39 is 11.9 Å². The summed E-state index contributed by atoms with van der Waals surface area (Å²) in [7, 11) is 0. The van der Waals surface area contributed by atoms with Gasteiger partial charge in [-0.1, -0.05) is 12.1 Å². The molecule has 0 spiro atoms. The lowest BCUT2D eigenvalue weighted by Gasteiger charge is -2.14. The fourth-order valence-electron chi connectivity index (χ4n) is 2.96. The van der Waals surface area contributed by atoms with Crippen molar-refractivity contribution >= 4 is 28.8 Å². The second-order valence-corrected chi connectivity index (χ2v) is 6.60. The van der Waals surface area contributed by atoms with E-state index in [0.29, 0.717) is 40.1 Å². The lowest BCUT2D eigenvalue weighted by atomic mass is 10.1. The van der Waals surface area contributed by atoms with Crippen molar-refractivity contribution in [2.75, 3.05) is 11.9 Å². The van der Waals surface area contributed by atoms with E-state index in [1.54, 1.807) is 18.2 Å². The number of ether oxygens (including phenoxy) is 1. The van der Waals surface area contributed by atoms with Crippen LogP contribution in [0.3, 0.4) is 0 Å². The molecule has 0 saturated carbocycles. The van der Waals surface area contributed by atoms with E-state index in [-0.39, 0.29) is 12.4 Å². The summed E-state index contributed by atoms with van der Waals surface area (Å²) in [6, 6.07) is 12.4. The molecule has 1 unspecified atom stereocenters. The summed E-state index contributed by atoms with van der Waals surface area (Å²) < 4.78 is 18.6. The van der Waals surface area contributed by atoms with Crippen molar-refractivity contribution in [3.8, 4) is 5.75 Å². The molecule has 0 aliphatic rings. The van der Waals surface area contributed by atoms with Crippen molar-refractivity contribution < 1.29 is 19.0 Å². The summed E-state index contributed by atoms with van der Waals surface area (Å²) in [5, 5.41) is 21.6. The molecular weight excluding hydrogens is 389 g/mol. The van der Waals surface area contributed by atoms with Crippen LogP contribution in [0.2, 0.25) is 0 Å². The van der Waals surface area contributed by atoms with Gasteiger partial charge in [0, 0.05) is 23.2 Å². The van der Waals surface area contributed by atoms with Crippen LogP contribution in [0.15, 0.2) is 48.5 Å². The van der Waals surface area contributed by atoms with Gasteiger partial charge in [0.05, 0.1) is 5.52 Å². The van der Waals surface area contributed by atoms with Crippen molar-refractivity contribution in [2.24, 2.45) is 0 Å². The number of aromatic amines is 1. The van der Waals surface area contributed by atoms with Crippen LogP contribution in [0.25, 0.3) is 10.9 Å². The molecule has 30 heavy (non-hydrogen) atoms. The van der Waals surface area contributed by atoms with Crippen LogP contribution in [0.4, 0.5) is 16.0 Å². The second-order valence-electron chi connectivity index (χ2n) is 6.60. The largest absolute Gasteiger partial charge is 0.486 e. The number of carbonyl (C=O) groups excluding carboxylic acids is 1. The first kappa shape index (κ1) is 19.5. The number of hydrogen-bond donors (Lipinski definition) is 3. The maximum atomic E-state index is 13.2. The van der Waals surface area contributed by atoms with Crippen LogP contribution in [0.1, 0.15) is 23.2 Å². The molecule has 3 N–H and O–H groups in total. The van der Waals surface area contributed by atoms with Gasteiger partial charge in [0.15, 0.2) is 17.9 Å². The highest BCUT2D eigenvalue weighted by Gasteiger charge is 2.18. The van der Waals surface area contributed by atoms with Crippen molar-refractivity contribution in [3.05, 3.63) is 71.4 Å². The van der Waals surface area contributed by atoms with Gasteiger partial charge in [0.1, 0.15) is 30.1 Å². The number of aliphatic hydroxyl groups excluding tert-OH is 1. The second kappa shape index (κ2) is 8.26. The van der Waals surface area contributed by atoms with Crippen LogP contribution in [-0.4, -0.2) is 38.2 Å². The topological polar surface area (TPSA) is 113 Å². The number of halogens is 1. The molecule has 2 aromatic heterocycles. The monoisotopic (exact) mass is 407 g/mol. The number of aromatic nitrogens is 4.